The Hall–Kier alpha value is -6.86. The van der Waals surface area contributed by atoms with Crippen molar-refractivity contribution in [3.8, 4) is 11.5 Å². The summed E-state index contributed by atoms with van der Waals surface area (Å²) in [5.74, 6) is -4.17. The molecule has 2 aliphatic rings. The van der Waals surface area contributed by atoms with Crippen LogP contribution in [0.4, 0.5) is 0 Å². The summed E-state index contributed by atoms with van der Waals surface area (Å²) >= 11 is 0. The minimum atomic E-state index is -1.65. The topological polar surface area (TPSA) is 183 Å². The first-order valence-corrected chi connectivity index (χ1v) is 23.1. The first-order valence-electron chi connectivity index (χ1n) is 23.1. The molecular weight excluding hydrogens is 905 g/mol. The summed E-state index contributed by atoms with van der Waals surface area (Å²) in [7, 11) is 5.47. The highest BCUT2D eigenvalue weighted by Gasteiger charge is 2.60. The average molecular weight is 969 g/mol. The SMILES string of the molecule is COC(=O)C1(N(OCc2ccccc2OC)C(C)=O)CC[N+](OC(=O)C(=O)O[N+]2(C(C)c3ccccc3)CCC(C(=O)OC)(N(OCc3ccccc3OC)C(C)=O)CC2)(C(C)c2ccccc2)CC1. The number of likely N-dealkylation sites (tertiary alicyclic amines) is 2. The minimum absolute atomic E-state index is 0.0657. The number of para-hydroxylation sites is 2. The lowest BCUT2D eigenvalue weighted by atomic mass is 9.85. The Morgan fingerprint density at radius 3 is 1.11 bits per heavy atom. The van der Waals surface area contributed by atoms with E-state index in [4.69, 9.17) is 38.3 Å². The van der Waals surface area contributed by atoms with Gasteiger partial charge in [-0.3, -0.25) is 28.9 Å². The molecule has 374 valence electrons. The van der Waals surface area contributed by atoms with Crippen molar-refractivity contribution in [2.45, 2.75) is 89.8 Å². The maximum atomic E-state index is 14.5. The molecule has 2 unspecified atom stereocenters. The molecule has 70 heavy (non-hydrogen) atoms. The van der Waals surface area contributed by atoms with Crippen molar-refractivity contribution in [1.29, 1.82) is 0 Å². The number of ether oxygens (including phenoxy) is 4. The molecule has 18 heteroatoms. The van der Waals surface area contributed by atoms with Gasteiger partial charge in [0.2, 0.25) is 11.8 Å². The van der Waals surface area contributed by atoms with Gasteiger partial charge in [-0.15, -0.1) is 9.29 Å². The van der Waals surface area contributed by atoms with Gasteiger partial charge in [0.1, 0.15) is 50.9 Å². The van der Waals surface area contributed by atoms with Crippen LogP contribution in [0.5, 0.6) is 11.5 Å². The number of methoxy groups -OCH3 is 4. The van der Waals surface area contributed by atoms with E-state index in [1.807, 2.05) is 74.5 Å². The highest BCUT2D eigenvalue weighted by Crippen LogP contribution is 2.43. The summed E-state index contributed by atoms with van der Waals surface area (Å²) in [5.41, 5.74) is -0.517. The number of piperidine rings is 2. The lowest BCUT2D eigenvalue weighted by Crippen LogP contribution is -2.68. The van der Waals surface area contributed by atoms with Gasteiger partial charge in [0.25, 0.3) is 0 Å². The van der Waals surface area contributed by atoms with Gasteiger partial charge in [-0.2, -0.15) is 0 Å². The Morgan fingerprint density at radius 1 is 0.500 bits per heavy atom. The number of esters is 2. The second-order valence-electron chi connectivity index (χ2n) is 17.6. The Bertz CT molecular complexity index is 2300. The molecule has 0 saturated carbocycles. The molecule has 2 fully saturated rings. The van der Waals surface area contributed by atoms with E-state index in [-0.39, 0.29) is 65.1 Å². The molecule has 2 amide bonds. The number of nitrogens with zero attached hydrogens (tertiary/aromatic N) is 4. The maximum Gasteiger partial charge on any atom is 0.480 e. The van der Waals surface area contributed by atoms with Crippen LogP contribution >= 0.6 is 0 Å². The van der Waals surface area contributed by atoms with Gasteiger partial charge in [-0.05, 0) is 26.0 Å². The minimum Gasteiger partial charge on any atom is -0.496 e. The molecule has 18 nitrogen and oxygen atoms in total. The third-order valence-corrected chi connectivity index (χ3v) is 13.9. The maximum absolute atomic E-state index is 14.5. The third kappa shape index (κ3) is 10.8. The standard InChI is InChI=1S/C52H64N4O14/c1-37(41-19-11-9-12-20-41)55(31-27-51(28-32-55,49(61)65-7)53(39(3)57)67-35-43-23-15-17-25-45(43)63-5)69-47(59)48(60)70-56(38(2)42-21-13-10-14-22-42)33-29-52(30-34-56,50(62)66-8)54(40(4)58)68-36-44-24-16-18-26-46(44)64-6/h9-26,37-38H,27-36H2,1-8H3/q+2. The predicted molar refractivity (Wildman–Crippen MR) is 250 cm³/mol. The predicted octanol–water partition coefficient (Wildman–Crippen LogP) is 6.45. The number of quaternary nitrogens is 2. The van der Waals surface area contributed by atoms with Gasteiger partial charge >= 0.3 is 23.9 Å². The van der Waals surface area contributed by atoms with Gasteiger partial charge in [-0.25, -0.2) is 29.3 Å². The van der Waals surface area contributed by atoms with Crippen molar-refractivity contribution < 1.29 is 76.4 Å². The first-order chi connectivity index (χ1) is 33.6. The van der Waals surface area contributed by atoms with Gasteiger partial charge < -0.3 is 18.9 Å². The van der Waals surface area contributed by atoms with E-state index in [9.17, 15) is 28.8 Å². The lowest BCUT2D eigenvalue weighted by molar-refractivity contribution is -1.12. The zero-order chi connectivity index (χ0) is 50.7. The number of hydrogen-bond acceptors (Lipinski definition) is 14. The molecule has 2 saturated heterocycles. The Kier molecular flexibility index (Phi) is 17.0. The van der Waals surface area contributed by atoms with Crippen LogP contribution in [0.1, 0.15) is 87.7 Å². The van der Waals surface area contributed by atoms with Crippen LogP contribution < -0.4 is 9.47 Å². The largest absolute Gasteiger partial charge is 0.496 e. The average Bonchev–Trinajstić information content (AvgIpc) is 3.39. The number of carbonyl (C=O) groups excluding carboxylic acids is 6. The quantitative estimate of drug-likeness (QED) is 0.0459. The van der Waals surface area contributed by atoms with E-state index < -0.39 is 68.1 Å². The molecule has 0 aromatic heterocycles. The van der Waals surface area contributed by atoms with Gasteiger partial charge in [0.05, 0.1) is 28.4 Å². The van der Waals surface area contributed by atoms with Crippen molar-refractivity contribution in [3.05, 3.63) is 131 Å². The van der Waals surface area contributed by atoms with E-state index in [0.29, 0.717) is 22.6 Å². The molecule has 0 aliphatic carbocycles. The molecular formula is C52H64N4O14+2. The Balaban J connectivity index is 1.30. The highest BCUT2D eigenvalue weighted by atomic mass is 16.8. The lowest BCUT2D eigenvalue weighted by Gasteiger charge is -2.49. The fraction of sp³-hybridized carbons (Fsp3) is 0.423. The van der Waals surface area contributed by atoms with E-state index in [1.165, 1.54) is 42.3 Å². The highest BCUT2D eigenvalue weighted by molar-refractivity contribution is 6.29. The van der Waals surface area contributed by atoms with Gasteiger partial charge in [-0.1, -0.05) is 97.1 Å². The van der Waals surface area contributed by atoms with Gasteiger partial charge in [0.15, 0.2) is 23.2 Å². The van der Waals surface area contributed by atoms with Crippen LogP contribution in [-0.2, 0) is 70.8 Å². The van der Waals surface area contributed by atoms with Crippen molar-refractivity contribution in [2.24, 2.45) is 0 Å². The van der Waals surface area contributed by atoms with Crippen LogP contribution in [0.3, 0.4) is 0 Å². The van der Waals surface area contributed by atoms with Crippen molar-refractivity contribution in [1.82, 2.24) is 10.1 Å². The van der Waals surface area contributed by atoms with Crippen molar-refractivity contribution >= 4 is 35.7 Å². The van der Waals surface area contributed by atoms with Crippen LogP contribution in [0.15, 0.2) is 109 Å². The van der Waals surface area contributed by atoms with E-state index in [1.54, 1.807) is 48.5 Å². The zero-order valence-corrected chi connectivity index (χ0v) is 41.1. The number of rotatable bonds is 18. The molecule has 0 bridgehead atoms. The summed E-state index contributed by atoms with van der Waals surface area (Å²) in [4.78, 5) is 109. The number of benzene rings is 4. The van der Waals surface area contributed by atoms with E-state index >= 15 is 0 Å². The zero-order valence-electron chi connectivity index (χ0n) is 41.1. The van der Waals surface area contributed by atoms with E-state index in [2.05, 4.69) is 0 Å². The van der Waals surface area contributed by atoms with E-state index in [0.717, 1.165) is 21.3 Å². The molecule has 0 N–H and O–H groups in total. The fourth-order valence-electron chi connectivity index (χ4n) is 9.80. The Morgan fingerprint density at radius 2 is 0.814 bits per heavy atom. The summed E-state index contributed by atoms with van der Waals surface area (Å²) in [6.07, 6.45) is -0.400. The number of hydrogen-bond donors (Lipinski definition) is 0. The number of amides is 2. The van der Waals surface area contributed by atoms with Gasteiger partial charge in [0, 0.05) is 61.8 Å². The molecule has 6 rings (SSSR count). The number of carbonyl (C=O) groups is 6. The molecule has 4 aromatic carbocycles. The number of hydroxylamine groups is 10. The summed E-state index contributed by atoms with van der Waals surface area (Å²) in [5, 5.41) is 2.06. The molecule has 4 aromatic rings. The molecule has 2 heterocycles. The summed E-state index contributed by atoms with van der Waals surface area (Å²) < 4.78 is 20.7. The molecule has 2 atom stereocenters. The Labute approximate surface area is 408 Å². The summed E-state index contributed by atoms with van der Waals surface area (Å²) in [6, 6.07) is 31.5. The monoisotopic (exact) mass is 968 g/mol. The normalized spacial score (nSPS) is 22.8. The fourth-order valence-corrected chi connectivity index (χ4v) is 9.80. The smallest absolute Gasteiger partial charge is 0.480 e. The molecule has 0 radical (unpaired) electrons. The van der Waals surface area contributed by atoms with Crippen LogP contribution in [-0.4, -0.2) is 121 Å². The van der Waals surface area contributed by atoms with Crippen LogP contribution in [0.2, 0.25) is 0 Å². The second-order valence-corrected chi connectivity index (χ2v) is 17.6. The summed E-state index contributed by atoms with van der Waals surface area (Å²) in [6.45, 7) is 5.76. The van der Waals surface area contributed by atoms with Crippen LogP contribution in [0, 0.1) is 0 Å². The van der Waals surface area contributed by atoms with Crippen molar-refractivity contribution in [3.63, 3.8) is 0 Å². The third-order valence-electron chi connectivity index (χ3n) is 13.9. The first kappa shape index (κ1) is 52.5. The van der Waals surface area contributed by atoms with Crippen molar-refractivity contribution in [2.75, 3.05) is 54.6 Å². The second kappa shape index (κ2) is 22.7. The molecule has 2 aliphatic heterocycles. The molecule has 0 spiro atoms. The van der Waals surface area contributed by atoms with Crippen LogP contribution in [0.25, 0.3) is 0 Å².